The molecule has 2 nitrogen and oxygen atoms in total. The number of halogens is 1. The minimum absolute atomic E-state index is 0.114. The van der Waals surface area contributed by atoms with Crippen molar-refractivity contribution in [2.24, 2.45) is 0 Å². The lowest BCUT2D eigenvalue weighted by Crippen LogP contribution is -1.98. The highest BCUT2D eigenvalue weighted by molar-refractivity contribution is 9.10. The summed E-state index contributed by atoms with van der Waals surface area (Å²) in [5.41, 5.74) is 1.08. The number of methoxy groups -OCH3 is 2. The van der Waals surface area contributed by atoms with Crippen LogP contribution in [-0.2, 0) is 4.74 Å². The van der Waals surface area contributed by atoms with Gasteiger partial charge in [0.25, 0.3) is 0 Å². The van der Waals surface area contributed by atoms with Gasteiger partial charge in [0, 0.05) is 11.6 Å². The van der Waals surface area contributed by atoms with E-state index in [4.69, 9.17) is 9.47 Å². The maximum absolute atomic E-state index is 5.16. The molecule has 1 atom stereocenters. The maximum Gasteiger partial charge on any atom is 0.119 e. The Bertz CT molecular complexity index is 347. The van der Waals surface area contributed by atoms with Crippen molar-refractivity contribution in [1.82, 2.24) is 0 Å². The summed E-state index contributed by atoms with van der Waals surface area (Å²) >= 11 is 3.48. The SMILES string of the molecule is COc1ccc(Br)c(/C=C/[C@H](C)OC)c1. The molecule has 0 heterocycles. The van der Waals surface area contributed by atoms with Crippen LogP contribution >= 0.6 is 15.9 Å². The Balaban J connectivity index is 2.88. The van der Waals surface area contributed by atoms with Crippen LogP contribution in [0.4, 0.5) is 0 Å². The van der Waals surface area contributed by atoms with E-state index in [1.54, 1.807) is 14.2 Å². The molecule has 0 spiro atoms. The normalized spacial score (nSPS) is 13.1. The number of ether oxygens (including phenoxy) is 2. The molecule has 0 aliphatic carbocycles. The highest BCUT2D eigenvalue weighted by Gasteiger charge is 1.99. The molecule has 0 aromatic heterocycles. The van der Waals surface area contributed by atoms with Gasteiger partial charge in [0.05, 0.1) is 13.2 Å². The standard InChI is InChI=1S/C12H15BrO2/c1-9(14-2)4-5-10-8-11(15-3)6-7-12(10)13/h4-9H,1-3H3/b5-4+/t9-/m0/s1. The highest BCUT2D eigenvalue weighted by atomic mass is 79.9. The Labute approximate surface area is 99.0 Å². The van der Waals surface area contributed by atoms with Crippen molar-refractivity contribution in [3.63, 3.8) is 0 Å². The van der Waals surface area contributed by atoms with Crippen LogP contribution in [0.2, 0.25) is 0 Å². The third kappa shape index (κ3) is 3.68. The van der Waals surface area contributed by atoms with Crippen molar-refractivity contribution in [2.45, 2.75) is 13.0 Å². The van der Waals surface area contributed by atoms with Gasteiger partial charge in [-0.05, 0) is 30.7 Å². The Kier molecular flexibility index (Phi) is 4.85. The topological polar surface area (TPSA) is 18.5 Å². The van der Waals surface area contributed by atoms with Crippen molar-refractivity contribution in [3.05, 3.63) is 34.3 Å². The van der Waals surface area contributed by atoms with E-state index < -0.39 is 0 Å². The van der Waals surface area contributed by atoms with Gasteiger partial charge in [0.1, 0.15) is 5.75 Å². The van der Waals surface area contributed by atoms with Gasteiger partial charge in [-0.3, -0.25) is 0 Å². The molecule has 0 radical (unpaired) electrons. The zero-order valence-corrected chi connectivity index (χ0v) is 10.7. The van der Waals surface area contributed by atoms with E-state index in [1.807, 2.05) is 37.3 Å². The lowest BCUT2D eigenvalue weighted by molar-refractivity contribution is 0.157. The van der Waals surface area contributed by atoms with Crippen LogP contribution in [0.5, 0.6) is 5.75 Å². The summed E-state index contributed by atoms with van der Waals surface area (Å²) < 4.78 is 11.3. The molecule has 1 rings (SSSR count). The van der Waals surface area contributed by atoms with Crippen LogP contribution in [0.3, 0.4) is 0 Å². The van der Waals surface area contributed by atoms with Crippen LogP contribution in [0.25, 0.3) is 6.08 Å². The zero-order chi connectivity index (χ0) is 11.3. The van der Waals surface area contributed by atoms with Crippen molar-refractivity contribution in [1.29, 1.82) is 0 Å². The van der Waals surface area contributed by atoms with Gasteiger partial charge in [0.15, 0.2) is 0 Å². The molecule has 1 aromatic rings. The number of hydrogen-bond donors (Lipinski definition) is 0. The van der Waals surface area contributed by atoms with E-state index in [9.17, 15) is 0 Å². The van der Waals surface area contributed by atoms with E-state index in [-0.39, 0.29) is 6.10 Å². The minimum Gasteiger partial charge on any atom is -0.497 e. The molecule has 82 valence electrons. The Morgan fingerprint density at radius 3 is 2.67 bits per heavy atom. The Morgan fingerprint density at radius 1 is 1.33 bits per heavy atom. The fourth-order valence-electron chi connectivity index (χ4n) is 1.09. The third-order valence-corrected chi connectivity index (χ3v) is 2.84. The second-order valence-electron chi connectivity index (χ2n) is 3.19. The first kappa shape index (κ1) is 12.3. The third-order valence-electron chi connectivity index (χ3n) is 2.12. The average Bonchev–Trinajstić information content (AvgIpc) is 2.27. The maximum atomic E-state index is 5.16. The highest BCUT2D eigenvalue weighted by Crippen LogP contribution is 2.23. The summed E-state index contributed by atoms with van der Waals surface area (Å²) in [6.45, 7) is 1.99. The first-order chi connectivity index (χ1) is 7.17. The summed E-state index contributed by atoms with van der Waals surface area (Å²) in [6.07, 6.45) is 4.13. The van der Waals surface area contributed by atoms with E-state index in [2.05, 4.69) is 15.9 Å². The summed E-state index contributed by atoms with van der Waals surface area (Å²) in [4.78, 5) is 0. The van der Waals surface area contributed by atoms with Gasteiger partial charge in [-0.2, -0.15) is 0 Å². The average molecular weight is 271 g/mol. The summed E-state index contributed by atoms with van der Waals surface area (Å²) in [5, 5.41) is 0. The monoisotopic (exact) mass is 270 g/mol. The van der Waals surface area contributed by atoms with Crippen molar-refractivity contribution in [2.75, 3.05) is 14.2 Å². The van der Waals surface area contributed by atoms with Crippen LogP contribution in [-0.4, -0.2) is 20.3 Å². The van der Waals surface area contributed by atoms with Gasteiger partial charge in [0.2, 0.25) is 0 Å². The Hall–Kier alpha value is -0.800. The lowest BCUT2D eigenvalue weighted by atomic mass is 10.2. The van der Waals surface area contributed by atoms with Gasteiger partial charge >= 0.3 is 0 Å². The molecule has 1 aromatic carbocycles. The predicted molar refractivity (Wildman–Crippen MR) is 66.2 cm³/mol. The van der Waals surface area contributed by atoms with Crippen molar-refractivity contribution >= 4 is 22.0 Å². The molecular weight excluding hydrogens is 256 g/mol. The molecule has 0 fully saturated rings. The summed E-state index contributed by atoms with van der Waals surface area (Å²) in [6, 6.07) is 5.86. The van der Waals surface area contributed by atoms with Gasteiger partial charge < -0.3 is 9.47 Å². The minimum atomic E-state index is 0.114. The van der Waals surface area contributed by atoms with E-state index >= 15 is 0 Å². The van der Waals surface area contributed by atoms with Crippen molar-refractivity contribution < 1.29 is 9.47 Å². The fraction of sp³-hybridized carbons (Fsp3) is 0.333. The molecule has 0 saturated carbocycles. The van der Waals surface area contributed by atoms with Crippen molar-refractivity contribution in [3.8, 4) is 5.75 Å². The van der Waals surface area contributed by atoms with Crippen LogP contribution in [0, 0.1) is 0 Å². The molecular formula is C12H15BrO2. The van der Waals surface area contributed by atoms with Gasteiger partial charge in [-0.25, -0.2) is 0 Å². The smallest absolute Gasteiger partial charge is 0.119 e. The van der Waals surface area contributed by atoms with Crippen LogP contribution < -0.4 is 4.74 Å². The number of benzene rings is 1. The van der Waals surface area contributed by atoms with E-state index in [0.29, 0.717) is 0 Å². The number of hydrogen-bond acceptors (Lipinski definition) is 2. The molecule has 0 aliphatic rings. The van der Waals surface area contributed by atoms with Gasteiger partial charge in [-0.1, -0.05) is 28.1 Å². The van der Waals surface area contributed by atoms with Crippen LogP contribution in [0.15, 0.2) is 28.7 Å². The number of rotatable bonds is 4. The molecule has 15 heavy (non-hydrogen) atoms. The molecule has 0 unspecified atom stereocenters. The second-order valence-corrected chi connectivity index (χ2v) is 4.04. The molecule has 0 amide bonds. The lowest BCUT2D eigenvalue weighted by Gasteiger charge is -2.05. The van der Waals surface area contributed by atoms with E-state index in [1.165, 1.54) is 0 Å². The first-order valence-corrected chi connectivity index (χ1v) is 5.51. The molecule has 0 aliphatic heterocycles. The summed E-state index contributed by atoms with van der Waals surface area (Å²) in [7, 11) is 3.35. The summed E-state index contributed by atoms with van der Waals surface area (Å²) in [5.74, 6) is 0.850. The molecule has 0 saturated heterocycles. The first-order valence-electron chi connectivity index (χ1n) is 4.72. The fourth-order valence-corrected chi connectivity index (χ4v) is 1.47. The zero-order valence-electron chi connectivity index (χ0n) is 9.16. The van der Waals surface area contributed by atoms with Gasteiger partial charge in [-0.15, -0.1) is 0 Å². The molecule has 0 bridgehead atoms. The van der Waals surface area contributed by atoms with Crippen LogP contribution in [0.1, 0.15) is 12.5 Å². The quantitative estimate of drug-likeness (QED) is 0.834. The Morgan fingerprint density at radius 2 is 2.07 bits per heavy atom. The predicted octanol–water partition coefficient (Wildman–Crippen LogP) is 3.51. The molecule has 3 heteroatoms. The molecule has 0 N–H and O–H groups in total. The second kappa shape index (κ2) is 5.93. The largest absolute Gasteiger partial charge is 0.497 e. The van der Waals surface area contributed by atoms with E-state index in [0.717, 1.165) is 15.8 Å².